The van der Waals surface area contributed by atoms with E-state index in [0.29, 0.717) is 4.57 Å². The molecule has 8 atom stereocenters. The highest BCUT2D eigenvalue weighted by Crippen LogP contribution is 2.66. The maximum absolute atomic E-state index is 12.7. The zero-order valence-corrected chi connectivity index (χ0v) is 27.3. The lowest BCUT2D eigenvalue weighted by Crippen LogP contribution is -2.40. The summed E-state index contributed by atoms with van der Waals surface area (Å²) in [6, 6.07) is 15.5. The molecule has 0 saturated carbocycles. The lowest BCUT2D eigenvalue weighted by atomic mass is 10.1. The summed E-state index contributed by atoms with van der Waals surface area (Å²) in [6.45, 7) is -2.03. The monoisotopic (exact) mass is 754 g/mol. The Balaban J connectivity index is 1.41. The standard InChI is InChI=1S/C23H26N2O19P4/c26-18-11-12-25(23(29)24-18)21-20(41-22(28)16-9-5-2-6-10-16)19(27)17(40-21)14-39-46(32,33)43-48(36,37)44-47(34,35)42-45(30,31)38-13-15-7-3-1-4-8-15/h1-12,17,19-21,27H,13-14H2,(H,30,31)(H,32,33)(H,34,35)(H,36,37)(H,24,26,29)/p-4/t17-,19?,20+,21-/m1/s1. The first-order valence-electron chi connectivity index (χ1n) is 13.0. The maximum atomic E-state index is 12.7. The molecule has 262 valence electrons. The molecule has 2 heterocycles. The van der Waals surface area contributed by atoms with Gasteiger partial charge in [0, 0.05) is 12.3 Å². The van der Waals surface area contributed by atoms with Crippen LogP contribution in [0.2, 0.25) is 0 Å². The van der Waals surface area contributed by atoms with Gasteiger partial charge in [0.05, 0.1) is 18.8 Å². The van der Waals surface area contributed by atoms with Crippen LogP contribution < -0.4 is 30.8 Å². The van der Waals surface area contributed by atoms with E-state index in [0.717, 1.165) is 12.3 Å². The summed E-state index contributed by atoms with van der Waals surface area (Å²) in [5, 5.41) is 10.8. The molecule has 0 radical (unpaired) electrons. The third-order valence-electron chi connectivity index (χ3n) is 5.92. The van der Waals surface area contributed by atoms with Gasteiger partial charge in [-0.3, -0.25) is 32.6 Å². The molecule has 2 aromatic carbocycles. The minimum atomic E-state index is -6.53. The van der Waals surface area contributed by atoms with Gasteiger partial charge in [-0.15, -0.1) is 0 Å². The number of aromatic nitrogens is 2. The Labute approximate surface area is 268 Å². The molecule has 0 aliphatic carbocycles. The molecule has 21 nitrogen and oxygen atoms in total. The molecule has 1 fully saturated rings. The third-order valence-corrected chi connectivity index (χ3v) is 11.6. The fraction of sp³-hybridized carbons (Fsp3) is 0.261. The number of nitrogens with zero attached hydrogens (tertiary/aromatic N) is 1. The highest BCUT2D eigenvalue weighted by molar-refractivity contribution is 7.68. The number of phosphoric ester groups is 2. The van der Waals surface area contributed by atoms with E-state index in [2.05, 4.69) is 22.0 Å². The normalized spacial score (nSPS) is 24.4. The number of aromatic amines is 1. The van der Waals surface area contributed by atoms with Crippen molar-refractivity contribution in [1.29, 1.82) is 0 Å². The van der Waals surface area contributed by atoms with Crippen LogP contribution in [-0.2, 0) is 56.3 Å². The smallest absolute Gasteiger partial charge is 0.338 e. The molecule has 4 rings (SSSR count). The van der Waals surface area contributed by atoms with Crippen molar-refractivity contribution in [3.63, 3.8) is 0 Å². The largest absolute Gasteiger partial charge is 0.756 e. The second-order valence-corrected chi connectivity index (χ2v) is 15.5. The Morgan fingerprint density at radius 2 is 1.35 bits per heavy atom. The summed E-state index contributed by atoms with van der Waals surface area (Å²) in [7, 11) is -24.9. The summed E-state index contributed by atoms with van der Waals surface area (Å²) < 4.78 is 79.0. The van der Waals surface area contributed by atoms with E-state index in [1.54, 1.807) is 12.1 Å². The highest BCUT2D eigenvalue weighted by atomic mass is 31.3. The molecule has 1 saturated heterocycles. The number of carbonyl (C=O) groups excluding carboxylic acids is 1. The second kappa shape index (κ2) is 15.3. The highest BCUT2D eigenvalue weighted by Gasteiger charge is 2.48. The summed E-state index contributed by atoms with van der Waals surface area (Å²) in [6.07, 6.45) is -6.35. The molecule has 1 aliphatic rings. The minimum Gasteiger partial charge on any atom is -0.756 e. The van der Waals surface area contributed by atoms with Crippen LogP contribution in [0.5, 0.6) is 0 Å². The topological polar surface area (TPSA) is 317 Å². The number of nitrogens with one attached hydrogen (secondary N) is 1. The van der Waals surface area contributed by atoms with Crippen molar-refractivity contribution >= 4 is 37.3 Å². The van der Waals surface area contributed by atoms with Gasteiger partial charge in [0.2, 0.25) is 0 Å². The molecule has 2 N–H and O–H groups in total. The summed E-state index contributed by atoms with van der Waals surface area (Å²) in [5.74, 6) is -1.02. The Kier molecular flexibility index (Phi) is 12.1. The van der Waals surface area contributed by atoms with Crippen molar-refractivity contribution < 1.29 is 79.2 Å². The van der Waals surface area contributed by atoms with Crippen molar-refractivity contribution in [3.8, 4) is 0 Å². The molecule has 1 aliphatic heterocycles. The van der Waals surface area contributed by atoms with E-state index in [9.17, 15) is 57.3 Å². The van der Waals surface area contributed by atoms with E-state index >= 15 is 0 Å². The van der Waals surface area contributed by atoms with E-state index in [4.69, 9.17) is 9.47 Å². The number of phosphoric acid groups is 4. The maximum Gasteiger partial charge on any atom is 0.338 e. The zero-order valence-electron chi connectivity index (χ0n) is 23.7. The van der Waals surface area contributed by atoms with E-state index in [1.165, 1.54) is 48.5 Å². The van der Waals surface area contributed by atoms with Crippen LogP contribution in [0, 0.1) is 0 Å². The average Bonchev–Trinajstić information content (AvgIpc) is 3.28. The van der Waals surface area contributed by atoms with Crippen LogP contribution in [0.15, 0.2) is 82.5 Å². The molecule has 0 bridgehead atoms. The number of carbonyl (C=O) groups is 1. The number of ether oxygens (including phenoxy) is 2. The van der Waals surface area contributed by atoms with Crippen LogP contribution in [-0.4, -0.2) is 45.5 Å². The van der Waals surface area contributed by atoms with Gasteiger partial charge >= 0.3 is 11.7 Å². The van der Waals surface area contributed by atoms with Crippen LogP contribution in [0.25, 0.3) is 0 Å². The van der Waals surface area contributed by atoms with Gasteiger partial charge in [-0.2, -0.15) is 0 Å². The third kappa shape index (κ3) is 10.8. The van der Waals surface area contributed by atoms with Crippen molar-refractivity contribution in [2.24, 2.45) is 0 Å². The first kappa shape index (κ1) is 37.9. The predicted octanol–water partition coefficient (Wildman–Crippen LogP) is -0.823. The quantitative estimate of drug-likeness (QED) is 0.141. The predicted molar refractivity (Wildman–Crippen MR) is 148 cm³/mol. The van der Waals surface area contributed by atoms with Crippen molar-refractivity contribution in [2.45, 2.75) is 31.1 Å². The second-order valence-electron chi connectivity index (χ2n) is 9.40. The Morgan fingerprint density at radius 1 is 0.812 bits per heavy atom. The average molecular weight is 754 g/mol. The Bertz CT molecular complexity index is 1900. The lowest BCUT2D eigenvalue weighted by molar-refractivity contribution is -0.255. The van der Waals surface area contributed by atoms with Crippen LogP contribution >= 0.6 is 31.3 Å². The number of hydrogen-bond donors (Lipinski definition) is 2. The van der Waals surface area contributed by atoms with Gasteiger partial charge < -0.3 is 43.2 Å². The Morgan fingerprint density at radius 3 is 1.94 bits per heavy atom. The first-order valence-corrected chi connectivity index (χ1v) is 18.8. The van der Waals surface area contributed by atoms with Gasteiger partial charge in [-0.1, -0.05) is 48.5 Å². The molecular weight excluding hydrogens is 732 g/mol. The van der Waals surface area contributed by atoms with Crippen molar-refractivity contribution in [3.05, 3.63) is 105 Å². The van der Waals surface area contributed by atoms with Crippen LogP contribution in [0.3, 0.4) is 0 Å². The molecule has 0 spiro atoms. The minimum absolute atomic E-state index is 0.00337. The lowest BCUT2D eigenvalue weighted by Gasteiger charge is -2.36. The first-order chi connectivity index (χ1) is 22.4. The number of esters is 1. The number of H-pyrrole nitrogens is 1. The fourth-order valence-electron chi connectivity index (χ4n) is 3.94. The molecule has 1 aromatic heterocycles. The number of aliphatic hydroxyl groups is 1. The molecule has 25 heteroatoms. The van der Waals surface area contributed by atoms with Gasteiger partial charge in [0.15, 0.2) is 12.3 Å². The number of benzene rings is 2. The van der Waals surface area contributed by atoms with Gasteiger partial charge in [-0.25, -0.2) is 22.5 Å². The SMILES string of the molecule is O=C(O[C@H]1C(O)[C@@H](COP(=O)([O-])OP(=O)([O-])OP(=O)([O-])OP(=O)([O-])OCc2ccccc2)O[C@H]1n1ccc(=O)[nH]c1=O)c1ccccc1. The van der Waals surface area contributed by atoms with E-state index < -0.39 is 86.3 Å². The summed E-state index contributed by atoms with van der Waals surface area (Å²) in [4.78, 5) is 86.6. The molecule has 5 unspecified atom stereocenters. The van der Waals surface area contributed by atoms with Crippen molar-refractivity contribution in [2.75, 3.05) is 6.61 Å². The molecule has 48 heavy (non-hydrogen) atoms. The summed E-state index contributed by atoms with van der Waals surface area (Å²) >= 11 is 0. The van der Waals surface area contributed by atoms with E-state index in [1.807, 2.05) is 4.98 Å². The molecular formula is C23H22N2O19P4-4. The zero-order chi connectivity index (χ0) is 35.3. The summed E-state index contributed by atoms with van der Waals surface area (Å²) in [5.41, 5.74) is -1.68. The molecule has 3 aromatic rings. The van der Waals surface area contributed by atoms with Crippen LogP contribution in [0.1, 0.15) is 22.1 Å². The van der Waals surface area contributed by atoms with Crippen molar-refractivity contribution in [1.82, 2.24) is 9.55 Å². The van der Waals surface area contributed by atoms with Crippen LogP contribution in [0.4, 0.5) is 0 Å². The number of hydrogen-bond acceptors (Lipinski definition) is 19. The van der Waals surface area contributed by atoms with Gasteiger partial charge in [0.1, 0.15) is 12.2 Å². The Hall–Kier alpha value is -2.93. The number of aliphatic hydroxyl groups excluding tert-OH is 1. The molecule has 0 amide bonds. The fourth-order valence-corrected chi connectivity index (χ4v) is 8.67. The van der Waals surface area contributed by atoms with E-state index in [-0.39, 0.29) is 11.1 Å². The van der Waals surface area contributed by atoms with Gasteiger partial charge in [0.25, 0.3) is 36.9 Å². The van der Waals surface area contributed by atoms with Gasteiger partial charge in [-0.05, 0) is 17.7 Å². The number of rotatable bonds is 15.